The summed E-state index contributed by atoms with van der Waals surface area (Å²) in [7, 11) is -4.10. The zero-order valence-electron chi connectivity index (χ0n) is 28.9. The molecule has 50 heavy (non-hydrogen) atoms. The highest BCUT2D eigenvalue weighted by atomic mass is 32.2. The van der Waals surface area contributed by atoms with Crippen LogP contribution in [0.5, 0.6) is 0 Å². The van der Waals surface area contributed by atoms with Crippen molar-refractivity contribution >= 4 is 50.7 Å². The Morgan fingerprint density at radius 3 is 2.40 bits per heavy atom. The predicted molar refractivity (Wildman–Crippen MR) is 193 cm³/mol. The Hall–Kier alpha value is -3.81. The van der Waals surface area contributed by atoms with Gasteiger partial charge in [-0.15, -0.1) is 11.3 Å². The predicted octanol–water partition coefficient (Wildman–Crippen LogP) is 6.44. The van der Waals surface area contributed by atoms with Gasteiger partial charge in [-0.1, -0.05) is 49.6 Å². The summed E-state index contributed by atoms with van der Waals surface area (Å²) in [5.41, 5.74) is 0.642. The van der Waals surface area contributed by atoms with Gasteiger partial charge >= 0.3 is 11.9 Å². The second kappa shape index (κ2) is 14.8. The Kier molecular flexibility index (Phi) is 10.7. The fourth-order valence-corrected chi connectivity index (χ4v) is 9.87. The number of hydrogen-bond donors (Lipinski definition) is 1. The molecule has 2 aliphatic heterocycles. The van der Waals surface area contributed by atoms with E-state index in [1.165, 1.54) is 16.6 Å². The van der Waals surface area contributed by atoms with E-state index in [4.69, 9.17) is 4.74 Å². The number of pyridine rings is 1. The van der Waals surface area contributed by atoms with Crippen LogP contribution in [0.1, 0.15) is 81.8 Å². The van der Waals surface area contributed by atoms with Crippen molar-refractivity contribution in [3.05, 3.63) is 59.6 Å². The summed E-state index contributed by atoms with van der Waals surface area (Å²) < 4.78 is 35.0. The molecule has 11 nitrogen and oxygen atoms in total. The normalized spacial score (nSPS) is 21.3. The Morgan fingerprint density at radius 2 is 1.74 bits per heavy atom. The van der Waals surface area contributed by atoms with Crippen LogP contribution in [-0.2, 0) is 24.3 Å². The van der Waals surface area contributed by atoms with Gasteiger partial charge < -0.3 is 19.6 Å². The lowest BCUT2D eigenvalue weighted by molar-refractivity contribution is -0.156. The van der Waals surface area contributed by atoms with E-state index < -0.39 is 40.1 Å². The number of thiophene rings is 1. The number of ether oxygens (including phenoxy) is 1. The monoisotopic (exact) mass is 722 g/mol. The Balaban J connectivity index is 1.22. The lowest BCUT2D eigenvalue weighted by atomic mass is 9.82. The standard InChI is InChI=1S/C37H46N4O7S2/c1-37(2,3)48-34(43)19-25-11-10-18-39(22-25)32-17-16-28(21-38-32)50(46,47)40-23-30(26-12-6-4-7-13-26)41(33(42)24-40)29-20-31(49-35(29)36(44)45)27-14-8-5-9-15-27/h5,8-9,14-17,20-21,25-26,30H,4,6-7,10-13,18-19,22-24H2,1-3H3,(H,44,45)/t25-,30+/m1/s1. The lowest BCUT2D eigenvalue weighted by Crippen LogP contribution is -2.60. The van der Waals surface area contributed by atoms with Crippen molar-refractivity contribution in [3.63, 3.8) is 0 Å². The average Bonchev–Trinajstić information content (AvgIpc) is 3.53. The summed E-state index contributed by atoms with van der Waals surface area (Å²) in [6, 6.07) is 13.9. The molecule has 3 aromatic rings. The number of piperazine rings is 1. The number of amides is 1. The van der Waals surface area contributed by atoms with E-state index in [0.29, 0.717) is 24.5 Å². The molecular formula is C37H46N4O7S2. The molecule has 4 heterocycles. The minimum atomic E-state index is -4.10. The Morgan fingerprint density at radius 1 is 1.00 bits per heavy atom. The van der Waals surface area contributed by atoms with E-state index in [9.17, 15) is 27.9 Å². The van der Waals surface area contributed by atoms with Gasteiger partial charge in [0.15, 0.2) is 0 Å². The number of rotatable bonds is 9. The summed E-state index contributed by atoms with van der Waals surface area (Å²) in [5, 5.41) is 10.2. The van der Waals surface area contributed by atoms with Crippen molar-refractivity contribution in [3.8, 4) is 10.4 Å². The number of carboxylic acids is 1. The third kappa shape index (κ3) is 8.05. The first kappa shape index (κ1) is 36.0. The number of esters is 1. The molecule has 268 valence electrons. The number of anilines is 2. The highest BCUT2D eigenvalue weighted by molar-refractivity contribution is 7.89. The number of piperidine rings is 1. The van der Waals surface area contributed by atoms with Gasteiger partial charge in [0.1, 0.15) is 21.2 Å². The summed E-state index contributed by atoms with van der Waals surface area (Å²) in [5.74, 6) is -1.02. The van der Waals surface area contributed by atoms with E-state index in [-0.39, 0.29) is 34.1 Å². The number of sulfonamides is 1. The van der Waals surface area contributed by atoms with E-state index in [0.717, 1.165) is 73.3 Å². The molecule has 2 aromatic heterocycles. The first-order valence-electron chi connectivity index (χ1n) is 17.5. The van der Waals surface area contributed by atoms with Gasteiger partial charge in [-0.2, -0.15) is 4.31 Å². The maximum Gasteiger partial charge on any atom is 0.348 e. The van der Waals surface area contributed by atoms with Gasteiger partial charge in [0.05, 0.1) is 24.7 Å². The molecule has 1 saturated carbocycles. The largest absolute Gasteiger partial charge is 0.477 e. The molecule has 2 saturated heterocycles. The quantitative estimate of drug-likeness (QED) is 0.247. The van der Waals surface area contributed by atoms with Crippen molar-refractivity contribution in [2.75, 3.05) is 36.0 Å². The first-order chi connectivity index (χ1) is 23.8. The summed E-state index contributed by atoms with van der Waals surface area (Å²) in [4.78, 5) is 48.0. The minimum absolute atomic E-state index is 0.000306. The smallest absolute Gasteiger partial charge is 0.348 e. The van der Waals surface area contributed by atoms with Crippen LogP contribution < -0.4 is 9.80 Å². The van der Waals surface area contributed by atoms with Gasteiger partial charge in [0, 0.05) is 30.7 Å². The second-order valence-electron chi connectivity index (χ2n) is 14.6. The second-order valence-corrected chi connectivity index (χ2v) is 17.6. The van der Waals surface area contributed by atoms with Crippen LogP contribution in [0.2, 0.25) is 0 Å². The third-order valence-electron chi connectivity index (χ3n) is 9.80. The van der Waals surface area contributed by atoms with E-state index in [1.54, 1.807) is 17.0 Å². The lowest BCUT2D eigenvalue weighted by Gasteiger charge is -2.44. The zero-order chi connectivity index (χ0) is 35.6. The molecule has 1 aliphatic carbocycles. The number of carbonyl (C=O) groups is 3. The van der Waals surface area contributed by atoms with Crippen LogP contribution in [0.4, 0.5) is 11.5 Å². The van der Waals surface area contributed by atoms with E-state index >= 15 is 0 Å². The van der Waals surface area contributed by atoms with Crippen LogP contribution in [0.3, 0.4) is 0 Å². The fourth-order valence-electron chi connectivity index (χ4n) is 7.52. The van der Waals surface area contributed by atoms with Crippen LogP contribution in [0.25, 0.3) is 10.4 Å². The van der Waals surface area contributed by atoms with Crippen LogP contribution in [0.15, 0.2) is 59.6 Å². The van der Waals surface area contributed by atoms with Crippen LogP contribution in [0, 0.1) is 11.8 Å². The molecule has 0 bridgehead atoms. The van der Waals surface area contributed by atoms with E-state index in [2.05, 4.69) is 9.88 Å². The van der Waals surface area contributed by atoms with Gasteiger partial charge in [0.25, 0.3) is 0 Å². The number of aromatic carboxylic acids is 1. The SMILES string of the molecule is CC(C)(C)OC(=O)C[C@H]1CCCN(c2ccc(S(=O)(=O)N3CC(=O)N(c4cc(-c5ccccc5)sc4C(=O)O)[C@H](C4CCCCC4)C3)cn2)C1. The maximum atomic E-state index is 14.1. The number of carbonyl (C=O) groups excluding carboxylic acids is 2. The Labute approximate surface area is 298 Å². The number of benzene rings is 1. The van der Waals surface area contributed by atoms with Gasteiger partial charge in [-0.25, -0.2) is 18.2 Å². The molecule has 13 heteroatoms. The topological polar surface area (TPSA) is 137 Å². The van der Waals surface area contributed by atoms with Gasteiger partial charge in [-0.05, 0) is 82.1 Å². The van der Waals surface area contributed by atoms with Crippen molar-refractivity contribution < 1.29 is 32.6 Å². The highest BCUT2D eigenvalue weighted by Gasteiger charge is 2.44. The zero-order valence-corrected chi connectivity index (χ0v) is 30.5. The molecule has 6 rings (SSSR count). The Bertz CT molecular complexity index is 1800. The van der Waals surface area contributed by atoms with Crippen molar-refractivity contribution in [1.82, 2.24) is 9.29 Å². The molecule has 1 aromatic carbocycles. The number of nitrogens with zero attached hydrogens (tertiary/aromatic N) is 4. The highest BCUT2D eigenvalue weighted by Crippen LogP contribution is 2.42. The molecule has 0 unspecified atom stereocenters. The molecule has 0 spiro atoms. The van der Waals surface area contributed by atoms with Crippen LogP contribution in [-0.4, -0.2) is 78.5 Å². The summed E-state index contributed by atoms with van der Waals surface area (Å²) >= 11 is 1.13. The van der Waals surface area contributed by atoms with E-state index in [1.807, 2.05) is 51.1 Å². The molecule has 1 N–H and O–H groups in total. The first-order valence-corrected chi connectivity index (χ1v) is 19.7. The maximum absolute atomic E-state index is 14.1. The summed E-state index contributed by atoms with van der Waals surface area (Å²) in [6.45, 7) is 6.58. The van der Waals surface area contributed by atoms with Gasteiger partial charge in [0.2, 0.25) is 15.9 Å². The van der Waals surface area contributed by atoms with Crippen molar-refractivity contribution in [1.29, 1.82) is 0 Å². The number of aromatic nitrogens is 1. The fraction of sp³-hybridized carbons (Fsp3) is 0.514. The molecule has 3 fully saturated rings. The van der Waals surface area contributed by atoms with Crippen molar-refractivity contribution in [2.45, 2.75) is 88.7 Å². The van der Waals surface area contributed by atoms with Crippen LogP contribution >= 0.6 is 11.3 Å². The van der Waals surface area contributed by atoms with Gasteiger partial charge in [-0.3, -0.25) is 9.59 Å². The molecular weight excluding hydrogens is 677 g/mol. The average molecular weight is 723 g/mol. The minimum Gasteiger partial charge on any atom is -0.477 e. The van der Waals surface area contributed by atoms with Crippen molar-refractivity contribution in [2.24, 2.45) is 11.8 Å². The molecule has 1 amide bonds. The number of carboxylic acid groups (broad SMARTS) is 1. The third-order valence-corrected chi connectivity index (χ3v) is 12.8. The molecule has 3 aliphatic rings. The molecule has 0 radical (unpaired) electrons. The number of hydrogen-bond acceptors (Lipinski definition) is 9. The molecule has 2 atom stereocenters. The summed E-state index contributed by atoms with van der Waals surface area (Å²) in [6.07, 6.45) is 8.14.